The largest absolute Gasteiger partial charge is 0.271 e. The lowest BCUT2D eigenvalue weighted by Crippen LogP contribution is -2.29. The molecule has 2 rings (SSSR count). The molecule has 100 valence electrons. The van der Waals surface area contributed by atoms with E-state index in [2.05, 4.69) is 68.2 Å². The Morgan fingerprint density at radius 1 is 1.21 bits per heavy atom. The van der Waals surface area contributed by atoms with Crippen LogP contribution in [-0.4, -0.2) is 0 Å². The highest BCUT2D eigenvalue weighted by molar-refractivity contribution is 14.1. The number of hydrogen-bond acceptors (Lipinski definition) is 2. The number of nitrogens with two attached hydrogens (primary N) is 1. The molecule has 0 spiro atoms. The molecular formula is C14H13BrFIN2. The molecule has 2 aromatic carbocycles. The summed E-state index contributed by atoms with van der Waals surface area (Å²) in [7, 11) is 0. The summed E-state index contributed by atoms with van der Waals surface area (Å²) in [5.41, 5.74) is 4.91. The summed E-state index contributed by atoms with van der Waals surface area (Å²) in [6.07, 6.45) is 0.748. The Hall–Kier alpha value is -0.500. The summed E-state index contributed by atoms with van der Waals surface area (Å²) < 4.78 is 15.0. The molecule has 0 aliphatic rings. The van der Waals surface area contributed by atoms with Crippen molar-refractivity contribution in [2.45, 2.75) is 12.5 Å². The van der Waals surface area contributed by atoms with Crippen LogP contribution in [0.2, 0.25) is 0 Å². The van der Waals surface area contributed by atoms with Crippen LogP contribution in [-0.2, 0) is 6.42 Å². The highest BCUT2D eigenvalue weighted by Crippen LogP contribution is 2.26. The minimum atomic E-state index is -0.263. The predicted molar refractivity (Wildman–Crippen MR) is 87.0 cm³/mol. The topological polar surface area (TPSA) is 38.0 Å². The number of hydrogen-bond donors (Lipinski definition) is 2. The fourth-order valence-corrected chi connectivity index (χ4v) is 2.89. The van der Waals surface area contributed by atoms with E-state index in [1.54, 1.807) is 6.07 Å². The van der Waals surface area contributed by atoms with Crippen molar-refractivity contribution in [3.05, 3.63) is 67.5 Å². The number of nitrogens with one attached hydrogen (secondary N) is 1. The summed E-state index contributed by atoms with van der Waals surface area (Å²) in [6, 6.07) is 12.8. The molecule has 2 nitrogen and oxygen atoms in total. The standard InChI is InChI=1S/C14H13BrFIN2/c15-13-8-10(16)3-6-12(13)14(19-18)7-9-1-4-11(17)5-2-9/h1-6,8,14,19H,7,18H2. The van der Waals surface area contributed by atoms with E-state index >= 15 is 0 Å². The number of rotatable bonds is 4. The molecule has 0 aromatic heterocycles. The van der Waals surface area contributed by atoms with Crippen LogP contribution in [0.25, 0.3) is 0 Å². The molecule has 19 heavy (non-hydrogen) atoms. The lowest BCUT2D eigenvalue weighted by molar-refractivity contribution is 0.547. The van der Waals surface area contributed by atoms with Crippen LogP contribution in [0.5, 0.6) is 0 Å². The second-order valence-electron chi connectivity index (χ2n) is 4.22. The van der Waals surface area contributed by atoms with Crippen LogP contribution >= 0.6 is 38.5 Å². The molecule has 0 amide bonds. The summed E-state index contributed by atoms with van der Waals surface area (Å²) in [4.78, 5) is 0. The molecule has 2 aromatic rings. The summed E-state index contributed by atoms with van der Waals surface area (Å²) in [5, 5.41) is 0. The molecular weight excluding hydrogens is 422 g/mol. The van der Waals surface area contributed by atoms with Crippen molar-refractivity contribution in [3.8, 4) is 0 Å². The molecule has 3 N–H and O–H groups in total. The van der Waals surface area contributed by atoms with Crippen molar-refractivity contribution in [2.75, 3.05) is 0 Å². The van der Waals surface area contributed by atoms with Crippen molar-refractivity contribution in [3.63, 3.8) is 0 Å². The van der Waals surface area contributed by atoms with E-state index in [0.717, 1.165) is 16.5 Å². The predicted octanol–water partition coefficient (Wildman–Crippen LogP) is 3.94. The van der Waals surface area contributed by atoms with Gasteiger partial charge in [0.2, 0.25) is 0 Å². The van der Waals surface area contributed by atoms with Crippen LogP contribution in [0.3, 0.4) is 0 Å². The van der Waals surface area contributed by atoms with E-state index in [9.17, 15) is 4.39 Å². The molecule has 0 saturated heterocycles. The van der Waals surface area contributed by atoms with Gasteiger partial charge in [0.25, 0.3) is 0 Å². The SMILES string of the molecule is NNC(Cc1ccc(I)cc1)c1ccc(F)cc1Br. The number of hydrazine groups is 1. The van der Waals surface area contributed by atoms with Gasteiger partial charge in [-0.15, -0.1) is 0 Å². The van der Waals surface area contributed by atoms with Crippen molar-refractivity contribution in [1.82, 2.24) is 5.43 Å². The summed E-state index contributed by atoms with van der Waals surface area (Å²) >= 11 is 5.65. The molecule has 1 unspecified atom stereocenters. The highest BCUT2D eigenvalue weighted by atomic mass is 127. The molecule has 1 atom stereocenters. The molecule has 0 aliphatic carbocycles. The molecule has 0 fully saturated rings. The maximum Gasteiger partial charge on any atom is 0.124 e. The Labute approximate surface area is 133 Å². The zero-order valence-corrected chi connectivity index (χ0v) is 13.8. The van der Waals surface area contributed by atoms with Gasteiger partial charge in [-0.05, 0) is 64.4 Å². The first-order chi connectivity index (χ1) is 9.10. The molecule has 0 heterocycles. The Morgan fingerprint density at radius 2 is 1.89 bits per heavy atom. The van der Waals surface area contributed by atoms with E-state index in [1.807, 2.05) is 0 Å². The van der Waals surface area contributed by atoms with E-state index in [4.69, 9.17) is 5.84 Å². The van der Waals surface area contributed by atoms with Gasteiger partial charge >= 0.3 is 0 Å². The van der Waals surface area contributed by atoms with Crippen molar-refractivity contribution >= 4 is 38.5 Å². The monoisotopic (exact) mass is 434 g/mol. The summed E-state index contributed by atoms with van der Waals surface area (Å²) in [6.45, 7) is 0. The van der Waals surface area contributed by atoms with Crippen molar-refractivity contribution < 1.29 is 4.39 Å². The molecule has 0 radical (unpaired) electrons. The van der Waals surface area contributed by atoms with Gasteiger partial charge in [0, 0.05) is 8.04 Å². The first-order valence-electron chi connectivity index (χ1n) is 5.75. The minimum absolute atomic E-state index is 0.0602. The normalized spacial score (nSPS) is 12.4. The molecule has 0 bridgehead atoms. The molecule has 0 saturated carbocycles. The average Bonchev–Trinajstić information content (AvgIpc) is 2.39. The van der Waals surface area contributed by atoms with Crippen molar-refractivity contribution in [2.24, 2.45) is 5.84 Å². The maximum atomic E-state index is 13.1. The maximum absolute atomic E-state index is 13.1. The number of halogens is 3. The molecule has 0 aliphatic heterocycles. The zero-order chi connectivity index (χ0) is 13.8. The smallest absolute Gasteiger partial charge is 0.124 e. The van der Waals surface area contributed by atoms with Crippen molar-refractivity contribution in [1.29, 1.82) is 0 Å². The third kappa shape index (κ3) is 3.98. The van der Waals surface area contributed by atoms with E-state index in [0.29, 0.717) is 0 Å². The fraction of sp³-hybridized carbons (Fsp3) is 0.143. The second-order valence-corrected chi connectivity index (χ2v) is 6.32. The van der Waals surface area contributed by atoms with Crippen LogP contribution in [0, 0.1) is 9.39 Å². The average molecular weight is 435 g/mol. The lowest BCUT2D eigenvalue weighted by atomic mass is 9.99. The van der Waals surface area contributed by atoms with Gasteiger partial charge in [-0.25, -0.2) is 4.39 Å². The van der Waals surface area contributed by atoms with Gasteiger partial charge in [-0.2, -0.15) is 0 Å². The Bertz CT molecular complexity index is 560. The Morgan fingerprint density at radius 3 is 2.47 bits per heavy atom. The lowest BCUT2D eigenvalue weighted by Gasteiger charge is -2.18. The van der Waals surface area contributed by atoms with Gasteiger partial charge in [0.05, 0.1) is 6.04 Å². The van der Waals surface area contributed by atoms with Crippen LogP contribution in [0.1, 0.15) is 17.2 Å². The highest BCUT2D eigenvalue weighted by Gasteiger charge is 2.14. The van der Waals surface area contributed by atoms with E-state index < -0.39 is 0 Å². The minimum Gasteiger partial charge on any atom is -0.271 e. The van der Waals surface area contributed by atoms with Crippen LogP contribution < -0.4 is 11.3 Å². The fourth-order valence-electron chi connectivity index (χ4n) is 1.90. The first kappa shape index (κ1) is 14.9. The van der Waals surface area contributed by atoms with Gasteiger partial charge < -0.3 is 0 Å². The zero-order valence-electron chi connectivity index (χ0n) is 10.0. The Balaban J connectivity index is 2.22. The molecule has 5 heteroatoms. The van der Waals surface area contributed by atoms with E-state index in [-0.39, 0.29) is 11.9 Å². The van der Waals surface area contributed by atoms with E-state index in [1.165, 1.54) is 21.3 Å². The third-order valence-corrected chi connectivity index (χ3v) is 4.30. The first-order valence-corrected chi connectivity index (χ1v) is 7.63. The van der Waals surface area contributed by atoms with Gasteiger partial charge in [-0.3, -0.25) is 11.3 Å². The van der Waals surface area contributed by atoms with Crippen LogP contribution in [0.15, 0.2) is 46.9 Å². The van der Waals surface area contributed by atoms with Crippen LogP contribution in [0.4, 0.5) is 4.39 Å². The number of benzene rings is 2. The van der Waals surface area contributed by atoms with Gasteiger partial charge in [-0.1, -0.05) is 34.1 Å². The Kier molecular flexibility index (Phi) is 5.32. The van der Waals surface area contributed by atoms with Gasteiger partial charge in [0.15, 0.2) is 0 Å². The quantitative estimate of drug-likeness (QED) is 0.434. The summed E-state index contributed by atoms with van der Waals surface area (Å²) in [5.74, 6) is 5.36. The van der Waals surface area contributed by atoms with Gasteiger partial charge in [0.1, 0.15) is 5.82 Å². The second kappa shape index (κ2) is 6.78. The third-order valence-electron chi connectivity index (χ3n) is 2.89.